The van der Waals surface area contributed by atoms with E-state index in [0.29, 0.717) is 0 Å². The molecule has 0 saturated carbocycles. The Balaban J connectivity index is 4.42. The number of alkyl halides is 2. The van der Waals surface area contributed by atoms with Crippen LogP contribution in [-0.2, 0) is 19.0 Å². The molecule has 7 heteroatoms. The third-order valence-corrected chi connectivity index (χ3v) is 2.20. The topological polar surface area (TPSA) is 44.8 Å². The maximum atomic E-state index is 13.4. The number of carbonyl (C=O) groups excluding carboxylic acids is 1. The molecule has 0 aliphatic heterocycles. The van der Waals surface area contributed by atoms with Crippen molar-refractivity contribution < 1.29 is 32.2 Å². The van der Waals surface area contributed by atoms with Gasteiger partial charge in [0.25, 0.3) is 0 Å². The third-order valence-electron chi connectivity index (χ3n) is 2.20. The van der Waals surface area contributed by atoms with Gasteiger partial charge in [-0.15, -0.1) is 6.58 Å². The van der Waals surface area contributed by atoms with Gasteiger partial charge >= 0.3 is 11.9 Å². The van der Waals surface area contributed by atoms with Gasteiger partial charge in [0.05, 0.1) is 13.2 Å². The zero-order valence-electron chi connectivity index (χ0n) is 10.7. The molecule has 0 spiro atoms. The number of carbonyl (C=O) groups is 1. The van der Waals surface area contributed by atoms with Crippen molar-refractivity contribution in [2.24, 2.45) is 5.92 Å². The molecule has 0 rings (SSSR count). The molecule has 0 heterocycles. The van der Waals surface area contributed by atoms with Crippen LogP contribution < -0.4 is 0 Å². The van der Waals surface area contributed by atoms with Crippen LogP contribution in [0.4, 0.5) is 13.2 Å². The maximum Gasteiger partial charge on any atom is 0.317 e. The maximum absolute atomic E-state index is 13.4. The van der Waals surface area contributed by atoms with Gasteiger partial charge in [0, 0.05) is 7.11 Å². The van der Waals surface area contributed by atoms with E-state index in [0.717, 1.165) is 6.08 Å². The van der Waals surface area contributed by atoms with Crippen molar-refractivity contribution in [1.82, 2.24) is 0 Å². The summed E-state index contributed by atoms with van der Waals surface area (Å²) in [7, 11) is 1.45. The van der Waals surface area contributed by atoms with Gasteiger partial charge in [-0.25, -0.2) is 4.39 Å². The molecule has 0 amide bonds. The zero-order valence-corrected chi connectivity index (χ0v) is 10.7. The van der Waals surface area contributed by atoms with Crippen molar-refractivity contribution in [3.63, 3.8) is 0 Å². The molecule has 0 aliphatic carbocycles. The second kappa shape index (κ2) is 8.71. The van der Waals surface area contributed by atoms with Crippen LogP contribution in [0.25, 0.3) is 0 Å². The number of ether oxygens (including phenoxy) is 3. The number of allylic oxidation sites excluding steroid dienone is 2. The summed E-state index contributed by atoms with van der Waals surface area (Å²) in [6, 6.07) is 0. The summed E-state index contributed by atoms with van der Waals surface area (Å²) < 4.78 is 53.4. The molecular formula is C12H17F3O4. The molecule has 0 aromatic carbocycles. The van der Waals surface area contributed by atoms with E-state index in [2.05, 4.69) is 22.6 Å². The Morgan fingerprint density at radius 1 is 1.42 bits per heavy atom. The van der Waals surface area contributed by atoms with Gasteiger partial charge < -0.3 is 14.2 Å². The first-order valence-electron chi connectivity index (χ1n) is 5.44. The van der Waals surface area contributed by atoms with Crippen LogP contribution >= 0.6 is 0 Å². The van der Waals surface area contributed by atoms with Crippen LogP contribution in [0, 0.1) is 5.92 Å². The fourth-order valence-electron chi connectivity index (χ4n) is 1.15. The first-order chi connectivity index (χ1) is 8.87. The Bertz CT molecular complexity index is 318. The summed E-state index contributed by atoms with van der Waals surface area (Å²) in [4.78, 5) is 11.4. The molecule has 110 valence electrons. The minimum Gasteiger partial charge on any atom is -0.438 e. The summed E-state index contributed by atoms with van der Waals surface area (Å²) in [6.45, 7) is 5.66. The molecule has 1 atom stereocenters. The van der Waals surface area contributed by atoms with Crippen LogP contribution in [0.15, 0.2) is 25.1 Å². The van der Waals surface area contributed by atoms with Crippen molar-refractivity contribution >= 4 is 5.97 Å². The zero-order chi connectivity index (χ0) is 14.9. The van der Waals surface area contributed by atoms with E-state index in [1.165, 1.54) is 7.11 Å². The van der Waals surface area contributed by atoms with Crippen molar-refractivity contribution in [2.75, 3.05) is 27.1 Å². The molecule has 0 aliphatic rings. The summed E-state index contributed by atoms with van der Waals surface area (Å²) in [6.07, 6.45) is 0.640. The first kappa shape index (κ1) is 17.7. The number of hydrogen-bond donors (Lipinski definition) is 0. The normalized spacial score (nSPS) is 12.8. The highest BCUT2D eigenvalue weighted by atomic mass is 19.3. The van der Waals surface area contributed by atoms with Gasteiger partial charge in [0.15, 0.2) is 12.6 Å². The lowest BCUT2D eigenvalue weighted by atomic mass is 9.97. The van der Waals surface area contributed by atoms with Crippen molar-refractivity contribution in [2.45, 2.75) is 12.3 Å². The molecule has 0 N–H and O–H groups in total. The molecule has 0 bridgehead atoms. The van der Waals surface area contributed by atoms with Gasteiger partial charge in [-0.2, -0.15) is 8.78 Å². The molecule has 0 saturated heterocycles. The van der Waals surface area contributed by atoms with Crippen molar-refractivity contribution in [3.8, 4) is 0 Å². The Labute approximate surface area is 109 Å². The average Bonchev–Trinajstić information content (AvgIpc) is 2.35. The molecule has 4 nitrogen and oxygen atoms in total. The molecule has 0 aromatic heterocycles. The predicted molar refractivity (Wildman–Crippen MR) is 62.3 cm³/mol. The van der Waals surface area contributed by atoms with Gasteiger partial charge in [0.2, 0.25) is 0 Å². The van der Waals surface area contributed by atoms with Crippen molar-refractivity contribution in [3.05, 3.63) is 25.1 Å². The number of methoxy groups -OCH3 is 1. The Morgan fingerprint density at radius 3 is 2.53 bits per heavy atom. The minimum atomic E-state index is -4.00. The monoisotopic (exact) mass is 282 g/mol. The fourth-order valence-corrected chi connectivity index (χ4v) is 1.15. The molecule has 0 radical (unpaired) electrons. The number of halogens is 3. The minimum absolute atomic E-state index is 0.141. The third kappa shape index (κ3) is 5.89. The van der Waals surface area contributed by atoms with E-state index in [1.807, 2.05) is 0 Å². The Kier molecular flexibility index (Phi) is 8.09. The van der Waals surface area contributed by atoms with Crippen LogP contribution in [0.2, 0.25) is 0 Å². The van der Waals surface area contributed by atoms with E-state index in [9.17, 15) is 18.0 Å². The lowest BCUT2D eigenvalue weighted by molar-refractivity contribution is -0.173. The van der Waals surface area contributed by atoms with Gasteiger partial charge in [-0.1, -0.05) is 12.7 Å². The van der Waals surface area contributed by atoms with Gasteiger partial charge in [-0.05, 0) is 6.42 Å². The summed E-state index contributed by atoms with van der Waals surface area (Å²) in [5.41, 5.74) is 0. The average molecular weight is 282 g/mol. The van der Waals surface area contributed by atoms with Gasteiger partial charge in [-0.3, -0.25) is 4.79 Å². The Hall–Kier alpha value is -1.34. The van der Waals surface area contributed by atoms with Crippen molar-refractivity contribution in [1.29, 1.82) is 0 Å². The molecule has 1 unspecified atom stereocenters. The molecule has 0 fully saturated rings. The molecule has 0 aromatic rings. The summed E-state index contributed by atoms with van der Waals surface area (Å²) in [5, 5.41) is 0. The number of rotatable bonds is 10. The van der Waals surface area contributed by atoms with Crippen LogP contribution in [0.1, 0.15) is 6.42 Å². The van der Waals surface area contributed by atoms with E-state index in [4.69, 9.17) is 4.74 Å². The quantitative estimate of drug-likeness (QED) is 0.267. The lowest BCUT2D eigenvalue weighted by Crippen LogP contribution is -2.36. The van der Waals surface area contributed by atoms with E-state index < -0.39 is 36.9 Å². The predicted octanol–water partition coefficient (Wildman–Crippen LogP) is 2.46. The summed E-state index contributed by atoms with van der Waals surface area (Å²) >= 11 is 0. The highest BCUT2D eigenvalue weighted by Crippen LogP contribution is 2.35. The van der Waals surface area contributed by atoms with Crippen LogP contribution in [-0.4, -0.2) is 39.0 Å². The van der Waals surface area contributed by atoms with Crippen LogP contribution in [0.3, 0.4) is 0 Å². The first-order valence-corrected chi connectivity index (χ1v) is 5.44. The Morgan fingerprint density at radius 2 is 2.05 bits per heavy atom. The summed E-state index contributed by atoms with van der Waals surface area (Å²) in [5.74, 6) is -9.18. The second-order valence-electron chi connectivity index (χ2n) is 3.59. The van der Waals surface area contributed by atoms with E-state index in [1.54, 1.807) is 0 Å². The molecule has 19 heavy (non-hydrogen) atoms. The van der Waals surface area contributed by atoms with Crippen LogP contribution in [0.5, 0.6) is 0 Å². The lowest BCUT2D eigenvalue weighted by Gasteiger charge is -2.22. The SMILES string of the molecule is C=CCC(C(=O)OCOCCOC)C(F)(F)C(=C)F. The largest absolute Gasteiger partial charge is 0.438 e. The number of esters is 1. The highest BCUT2D eigenvalue weighted by Gasteiger charge is 2.47. The smallest absolute Gasteiger partial charge is 0.317 e. The van der Waals surface area contributed by atoms with E-state index in [-0.39, 0.29) is 13.2 Å². The number of hydrogen-bond acceptors (Lipinski definition) is 4. The highest BCUT2D eigenvalue weighted by molar-refractivity contribution is 5.74. The standard InChI is InChI=1S/C12H17F3O4/c1-4-5-10(12(14,15)9(2)13)11(16)19-8-18-7-6-17-3/h4,10H,1-2,5-8H2,3H3. The fraction of sp³-hybridized carbons (Fsp3) is 0.583. The second-order valence-corrected chi connectivity index (χ2v) is 3.59. The van der Waals surface area contributed by atoms with E-state index >= 15 is 0 Å². The van der Waals surface area contributed by atoms with Gasteiger partial charge in [0.1, 0.15) is 5.92 Å². The molecular weight excluding hydrogens is 265 g/mol.